The summed E-state index contributed by atoms with van der Waals surface area (Å²) in [7, 11) is 1.99. The number of carbonyl (C=O) groups is 1. The zero-order chi connectivity index (χ0) is 21.1. The van der Waals surface area contributed by atoms with Crippen molar-refractivity contribution >= 4 is 17.2 Å². The second-order valence-corrected chi connectivity index (χ2v) is 7.38. The number of carbonyl (C=O) groups excluding carboxylic acids is 1. The second-order valence-electron chi connectivity index (χ2n) is 7.38. The summed E-state index contributed by atoms with van der Waals surface area (Å²) < 4.78 is 1.73. The van der Waals surface area contributed by atoms with Crippen LogP contribution in [-0.4, -0.2) is 51.6 Å². The topological polar surface area (TPSA) is 101 Å². The SMILES string of the molecule is CN(c1cccc(-c2cnn3ccc(C#N)cc23)n1)[C@@H]1CCCN(C(=O)CC#N)C1. The number of likely N-dealkylation sites (tertiary alicyclic amines) is 1. The second kappa shape index (κ2) is 8.22. The molecule has 8 nitrogen and oxygen atoms in total. The lowest BCUT2D eigenvalue weighted by molar-refractivity contribution is -0.131. The maximum absolute atomic E-state index is 12.1. The van der Waals surface area contributed by atoms with Crippen LogP contribution in [0.1, 0.15) is 24.8 Å². The van der Waals surface area contributed by atoms with E-state index >= 15 is 0 Å². The first-order valence-corrected chi connectivity index (χ1v) is 9.83. The molecular formula is C22H21N7O. The fourth-order valence-corrected chi connectivity index (χ4v) is 3.88. The van der Waals surface area contributed by atoms with E-state index in [4.69, 9.17) is 10.2 Å². The van der Waals surface area contributed by atoms with Crippen LogP contribution in [0.2, 0.25) is 0 Å². The molecule has 8 heteroatoms. The van der Waals surface area contributed by atoms with E-state index in [0.717, 1.165) is 35.4 Å². The molecule has 4 rings (SSSR count). The highest BCUT2D eigenvalue weighted by Crippen LogP contribution is 2.27. The van der Waals surface area contributed by atoms with Gasteiger partial charge in [0, 0.05) is 37.9 Å². The van der Waals surface area contributed by atoms with E-state index in [-0.39, 0.29) is 18.4 Å². The van der Waals surface area contributed by atoms with Crippen LogP contribution in [0.5, 0.6) is 0 Å². The van der Waals surface area contributed by atoms with Gasteiger partial charge in [0.05, 0.1) is 35.1 Å². The Morgan fingerprint density at radius 2 is 2.20 bits per heavy atom. The number of anilines is 1. The molecule has 0 bridgehead atoms. The monoisotopic (exact) mass is 399 g/mol. The summed E-state index contributed by atoms with van der Waals surface area (Å²) in [5, 5.41) is 22.4. The molecule has 3 aromatic heterocycles. The number of fused-ring (bicyclic) bond motifs is 1. The van der Waals surface area contributed by atoms with Crippen molar-refractivity contribution in [2.75, 3.05) is 25.0 Å². The first-order chi connectivity index (χ1) is 14.6. The van der Waals surface area contributed by atoms with Crippen molar-refractivity contribution < 1.29 is 4.79 Å². The zero-order valence-electron chi connectivity index (χ0n) is 16.7. The fraction of sp³-hybridized carbons (Fsp3) is 0.318. The average Bonchev–Trinajstić information content (AvgIpc) is 3.22. The van der Waals surface area contributed by atoms with Crippen molar-refractivity contribution in [2.24, 2.45) is 0 Å². The summed E-state index contributed by atoms with van der Waals surface area (Å²) in [4.78, 5) is 20.8. The summed E-state index contributed by atoms with van der Waals surface area (Å²) in [5.74, 6) is 0.694. The highest BCUT2D eigenvalue weighted by atomic mass is 16.2. The molecule has 0 spiro atoms. The molecule has 0 aromatic carbocycles. The Balaban J connectivity index is 1.60. The molecule has 1 amide bonds. The van der Waals surface area contributed by atoms with Crippen molar-refractivity contribution in [2.45, 2.75) is 25.3 Å². The Kier molecular flexibility index (Phi) is 5.32. The van der Waals surface area contributed by atoms with Crippen LogP contribution < -0.4 is 4.90 Å². The molecule has 1 fully saturated rings. The van der Waals surface area contributed by atoms with E-state index < -0.39 is 0 Å². The summed E-state index contributed by atoms with van der Waals surface area (Å²) in [6.45, 7) is 1.28. The Labute approximate surface area is 174 Å². The number of rotatable bonds is 4. The Morgan fingerprint density at radius 1 is 1.33 bits per heavy atom. The predicted octanol–water partition coefficient (Wildman–Crippen LogP) is 2.61. The van der Waals surface area contributed by atoms with Crippen LogP contribution in [-0.2, 0) is 4.79 Å². The van der Waals surface area contributed by atoms with E-state index in [1.807, 2.05) is 31.3 Å². The standard InChI is InChI=1S/C22H21N7O/c1-27(17-4-3-10-28(15-17)22(30)7-9-23)21-6-2-5-19(26-21)18-14-25-29-11-8-16(13-24)12-20(18)29/h2,5-6,8,11-12,14,17H,3-4,7,10,15H2,1H3/t17-/m1/s1. The van der Waals surface area contributed by atoms with E-state index in [0.29, 0.717) is 18.7 Å². The number of nitriles is 2. The van der Waals surface area contributed by atoms with E-state index in [1.54, 1.807) is 33.9 Å². The molecule has 30 heavy (non-hydrogen) atoms. The van der Waals surface area contributed by atoms with Crippen molar-refractivity contribution in [3.8, 4) is 23.4 Å². The summed E-state index contributed by atoms with van der Waals surface area (Å²) in [5.41, 5.74) is 3.03. The van der Waals surface area contributed by atoms with Gasteiger partial charge in [-0.1, -0.05) is 6.07 Å². The van der Waals surface area contributed by atoms with Gasteiger partial charge in [-0.05, 0) is 37.1 Å². The number of aromatic nitrogens is 3. The average molecular weight is 399 g/mol. The lowest BCUT2D eigenvalue weighted by Crippen LogP contribution is -2.48. The summed E-state index contributed by atoms with van der Waals surface area (Å²) in [6, 6.07) is 13.6. The number of piperidine rings is 1. The third-order valence-electron chi connectivity index (χ3n) is 5.55. The number of likely N-dealkylation sites (N-methyl/N-ethyl adjacent to an activating group) is 1. The lowest BCUT2D eigenvalue weighted by atomic mass is 10.0. The van der Waals surface area contributed by atoms with Crippen LogP contribution >= 0.6 is 0 Å². The molecule has 0 radical (unpaired) electrons. The number of pyridine rings is 2. The molecule has 0 saturated carbocycles. The lowest BCUT2D eigenvalue weighted by Gasteiger charge is -2.38. The third-order valence-corrected chi connectivity index (χ3v) is 5.55. The molecule has 1 atom stereocenters. The van der Waals surface area contributed by atoms with Gasteiger partial charge in [-0.2, -0.15) is 15.6 Å². The third kappa shape index (κ3) is 3.68. The van der Waals surface area contributed by atoms with Crippen molar-refractivity contribution in [3.63, 3.8) is 0 Å². The maximum Gasteiger partial charge on any atom is 0.236 e. The van der Waals surface area contributed by atoms with Crippen molar-refractivity contribution in [1.82, 2.24) is 19.5 Å². The largest absolute Gasteiger partial charge is 0.355 e. The van der Waals surface area contributed by atoms with E-state index in [9.17, 15) is 10.1 Å². The molecule has 1 aliphatic heterocycles. The Hall–Kier alpha value is -3.91. The van der Waals surface area contributed by atoms with Crippen LogP contribution in [0.3, 0.4) is 0 Å². The smallest absolute Gasteiger partial charge is 0.236 e. The number of hydrogen-bond acceptors (Lipinski definition) is 6. The maximum atomic E-state index is 12.1. The molecule has 4 heterocycles. The van der Waals surface area contributed by atoms with Gasteiger partial charge in [0.15, 0.2) is 0 Å². The van der Waals surface area contributed by atoms with E-state index in [2.05, 4.69) is 16.1 Å². The van der Waals surface area contributed by atoms with Gasteiger partial charge < -0.3 is 9.80 Å². The minimum atomic E-state index is -0.114. The molecule has 0 N–H and O–H groups in total. The molecule has 0 aliphatic carbocycles. The van der Waals surface area contributed by atoms with Crippen molar-refractivity contribution in [1.29, 1.82) is 10.5 Å². The predicted molar refractivity (Wildman–Crippen MR) is 111 cm³/mol. The number of amides is 1. The van der Waals surface area contributed by atoms with E-state index in [1.165, 1.54) is 0 Å². The van der Waals surface area contributed by atoms with Crippen LogP contribution in [0.4, 0.5) is 5.82 Å². The van der Waals surface area contributed by atoms with Gasteiger partial charge in [-0.3, -0.25) is 4.79 Å². The molecule has 0 unspecified atom stereocenters. The molecule has 1 aliphatic rings. The van der Waals surface area contributed by atoms with Gasteiger partial charge in [-0.25, -0.2) is 9.50 Å². The van der Waals surface area contributed by atoms with Gasteiger partial charge in [0.25, 0.3) is 0 Å². The first-order valence-electron chi connectivity index (χ1n) is 9.83. The summed E-state index contributed by atoms with van der Waals surface area (Å²) >= 11 is 0. The quantitative estimate of drug-likeness (QED) is 0.668. The zero-order valence-corrected chi connectivity index (χ0v) is 16.7. The molecule has 1 saturated heterocycles. The van der Waals surface area contributed by atoms with Gasteiger partial charge in [0.2, 0.25) is 5.91 Å². The summed E-state index contributed by atoms with van der Waals surface area (Å²) in [6.07, 6.45) is 5.30. The molecular weight excluding hydrogens is 378 g/mol. The normalized spacial score (nSPS) is 16.1. The minimum Gasteiger partial charge on any atom is -0.355 e. The molecule has 3 aromatic rings. The number of hydrogen-bond donors (Lipinski definition) is 0. The van der Waals surface area contributed by atoms with Gasteiger partial charge in [-0.15, -0.1) is 0 Å². The van der Waals surface area contributed by atoms with Crippen LogP contribution in [0, 0.1) is 22.7 Å². The van der Waals surface area contributed by atoms with Gasteiger partial charge in [0.1, 0.15) is 12.2 Å². The molecule has 150 valence electrons. The first kappa shape index (κ1) is 19.4. The van der Waals surface area contributed by atoms with Crippen LogP contribution in [0.25, 0.3) is 16.8 Å². The minimum absolute atomic E-state index is 0.0798. The van der Waals surface area contributed by atoms with Crippen molar-refractivity contribution in [3.05, 3.63) is 48.3 Å². The highest BCUT2D eigenvalue weighted by molar-refractivity contribution is 5.79. The fourth-order valence-electron chi connectivity index (χ4n) is 3.88. The Bertz CT molecular complexity index is 1170. The van der Waals surface area contributed by atoms with Gasteiger partial charge >= 0.3 is 0 Å². The van der Waals surface area contributed by atoms with Crippen LogP contribution in [0.15, 0.2) is 42.7 Å². The number of nitrogens with zero attached hydrogens (tertiary/aromatic N) is 7. The Morgan fingerprint density at radius 3 is 3.00 bits per heavy atom. The highest BCUT2D eigenvalue weighted by Gasteiger charge is 2.27.